The number of aromatic nitrogens is 4. The largest absolute Gasteiger partial charge is 0.411 e. The van der Waals surface area contributed by atoms with Gasteiger partial charge in [0.2, 0.25) is 15.9 Å². The topological polar surface area (TPSA) is 111 Å². The van der Waals surface area contributed by atoms with Crippen molar-refractivity contribution in [3.63, 3.8) is 0 Å². The van der Waals surface area contributed by atoms with Gasteiger partial charge in [-0.05, 0) is 26.7 Å². The maximum atomic E-state index is 13.1. The quantitative estimate of drug-likeness (QED) is 0.621. The Kier molecular flexibility index (Phi) is 7.25. The van der Waals surface area contributed by atoms with Crippen LogP contribution < -0.4 is 5.32 Å². The molecule has 0 bridgehead atoms. The van der Waals surface area contributed by atoms with Crippen molar-refractivity contribution in [3.8, 4) is 0 Å². The predicted molar refractivity (Wildman–Crippen MR) is 107 cm³/mol. The van der Waals surface area contributed by atoms with Gasteiger partial charge in [0.1, 0.15) is 18.2 Å². The average molecular weight is 478 g/mol. The van der Waals surface area contributed by atoms with E-state index in [9.17, 15) is 26.4 Å². The Morgan fingerprint density at radius 1 is 1.31 bits per heavy atom. The third kappa shape index (κ3) is 5.86. The highest BCUT2D eigenvalue weighted by Crippen LogP contribution is 2.26. The first-order valence-corrected chi connectivity index (χ1v) is 11.5. The SMILES string of the molecule is CCn1cc(S(=O)(=O)N2CCC[C@@H](C(=O)Nc3cnn(COCC(F)(F)F)c3)C2)c(C)n1. The van der Waals surface area contributed by atoms with Gasteiger partial charge in [-0.25, -0.2) is 13.1 Å². The minimum absolute atomic E-state index is 0.0216. The third-order valence-electron chi connectivity index (χ3n) is 4.99. The number of anilines is 1. The van der Waals surface area contributed by atoms with Gasteiger partial charge >= 0.3 is 6.18 Å². The second-order valence-corrected chi connectivity index (χ2v) is 9.39. The number of piperidine rings is 1. The molecule has 0 aromatic carbocycles. The van der Waals surface area contributed by atoms with Gasteiger partial charge < -0.3 is 10.1 Å². The molecule has 10 nitrogen and oxygen atoms in total. The number of carbonyl (C=O) groups excluding carboxylic acids is 1. The molecule has 178 valence electrons. The molecular formula is C18H25F3N6O4S. The molecular weight excluding hydrogens is 453 g/mol. The first-order valence-electron chi connectivity index (χ1n) is 10.0. The molecule has 1 N–H and O–H groups in total. The molecule has 3 heterocycles. The molecule has 0 spiro atoms. The molecule has 0 unspecified atom stereocenters. The first-order chi connectivity index (χ1) is 15.0. The van der Waals surface area contributed by atoms with Gasteiger partial charge in [-0.2, -0.15) is 27.7 Å². The van der Waals surface area contributed by atoms with Crippen molar-refractivity contribution in [2.75, 3.05) is 25.0 Å². The Hall–Kier alpha value is -2.45. The van der Waals surface area contributed by atoms with Crippen molar-refractivity contribution in [3.05, 3.63) is 24.3 Å². The first kappa shape index (κ1) is 24.2. The second-order valence-electron chi connectivity index (χ2n) is 7.49. The van der Waals surface area contributed by atoms with Crippen LogP contribution >= 0.6 is 0 Å². The Balaban J connectivity index is 1.60. The summed E-state index contributed by atoms with van der Waals surface area (Å²) in [6.07, 6.45) is 0.703. The summed E-state index contributed by atoms with van der Waals surface area (Å²) in [7, 11) is -3.79. The number of aryl methyl sites for hydroxylation is 2. The second kappa shape index (κ2) is 9.58. The van der Waals surface area contributed by atoms with Crippen LogP contribution in [0.2, 0.25) is 0 Å². The molecule has 0 aliphatic carbocycles. The van der Waals surface area contributed by atoms with E-state index in [1.807, 2.05) is 6.92 Å². The Morgan fingerprint density at radius 2 is 2.06 bits per heavy atom. The van der Waals surface area contributed by atoms with Gasteiger partial charge in [-0.15, -0.1) is 0 Å². The van der Waals surface area contributed by atoms with Gasteiger partial charge in [-0.3, -0.25) is 9.48 Å². The molecule has 1 saturated heterocycles. The summed E-state index contributed by atoms with van der Waals surface area (Å²) in [4.78, 5) is 12.8. The number of halogens is 3. The number of hydrogen-bond acceptors (Lipinski definition) is 6. The zero-order valence-corrected chi connectivity index (χ0v) is 18.5. The lowest BCUT2D eigenvalue weighted by atomic mass is 9.99. The smallest absolute Gasteiger partial charge is 0.350 e. The Bertz CT molecular complexity index is 1050. The monoisotopic (exact) mass is 478 g/mol. The highest BCUT2D eigenvalue weighted by Gasteiger charge is 2.35. The number of rotatable bonds is 8. The Morgan fingerprint density at radius 3 is 2.72 bits per heavy atom. The van der Waals surface area contributed by atoms with Gasteiger partial charge in [0.25, 0.3) is 0 Å². The molecule has 3 rings (SSSR count). The summed E-state index contributed by atoms with van der Waals surface area (Å²) in [5, 5.41) is 10.7. The maximum Gasteiger partial charge on any atom is 0.411 e. The molecule has 14 heteroatoms. The number of sulfonamides is 1. The van der Waals surface area contributed by atoms with Crippen molar-refractivity contribution in [1.29, 1.82) is 0 Å². The van der Waals surface area contributed by atoms with E-state index >= 15 is 0 Å². The lowest BCUT2D eigenvalue weighted by Gasteiger charge is -2.30. The van der Waals surface area contributed by atoms with Crippen LogP contribution in [-0.4, -0.2) is 64.1 Å². The molecule has 0 radical (unpaired) electrons. The van der Waals surface area contributed by atoms with Gasteiger partial charge in [0.15, 0.2) is 0 Å². The van der Waals surface area contributed by atoms with Crippen LogP contribution in [0.5, 0.6) is 0 Å². The van der Waals surface area contributed by atoms with E-state index in [0.29, 0.717) is 31.6 Å². The van der Waals surface area contributed by atoms with E-state index in [0.717, 1.165) is 4.68 Å². The number of carbonyl (C=O) groups is 1. The molecule has 1 fully saturated rings. The fourth-order valence-corrected chi connectivity index (χ4v) is 5.12. The van der Waals surface area contributed by atoms with Crippen LogP contribution in [0.3, 0.4) is 0 Å². The van der Waals surface area contributed by atoms with Gasteiger partial charge in [-0.1, -0.05) is 0 Å². The summed E-state index contributed by atoms with van der Waals surface area (Å²) in [5.74, 6) is -0.966. The number of alkyl halides is 3. The molecule has 1 atom stereocenters. The zero-order valence-electron chi connectivity index (χ0n) is 17.7. The van der Waals surface area contributed by atoms with Crippen LogP contribution in [0.1, 0.15) is 25.5 Å². The van der Waals surface area contributed by atoms with E-state index in [-0.39, 0.29) is 23.0 Å². The standard InChI is InChI=1S/C18H25F3N6O4S/c1-3-25-10-16(13(2)24-25)32(29,30)27-6-4-5-14(8-27)17(28)23-15-7-22-26(9-15)12-31-11-18(19,20)21/h7,9-10,14H,3-6,8,11-12H2,1-2H3,(H,23,28)/t14-/m1/s1. The van der Waals surface area contributed by atoms with Crippen molar-refractivity contribution in [2.24, 2.45) is 5.92 Å². The minimum atomic E-state index is -4.44. The summed E-state index contributed by atoms with van der Waals surface area (Å²) in [6, 6.07) is 0. The van der Waals surface area contributed by atoms with Crippen LogP contribution in [0.15, 0.2) is 23.5 Å². The van der Waals surface area contributed by atoms with Crippen molar-refractivity contribution < 1.29 is 31.1 Å². The van der Waals surface area contributed by atoms with Gasteiger partial charge in [0, 0.05) is 25.8 Å². The van der Waals surface area contributed by atoms with E-state index in [1.165, 1.54) is 22.9 Å². The number of hydrogen-bond donors (Lipinski definition) is 1. The molecule has 32 heavy (non-hydrogen) atoms. The summed E-state index contributed by atoms with van der Waals surface area (Å²) in [6.45, 7) is 2.52. The third-order valence-corrected chi connectivity index (χ3v) is 6.96. The van der Waals surface area contributed by atoms with Crippen molar-refractivity contribution in [1.82, 2.24) is 23.9 Å². The molecule has 1 aliphatic heterocycles. The average Bonchev–Trinajstić information content (AvgIpc) is 3.33. The zero-order chi connectivity index (χ0) is 23.5. The fraction of sp³-hybridized carbons (Fsp3) is 0.611. The fourth-order valence-electron chi connectivity index (χ4n) is 3.43. The maximum absolute atomic E-state index is 13.1. The molecule has 1 amide bonds. The van der Waals surface area contributed by atoms with E-state index < -0.39 is 35.5 Å². The highest BCUT2D eigenvalue weighted by molar-refractivity contribution is 7.89. The molecule has 1 aliphatic rings. The van der Waals surface area contributed by atoms with Crippen LogP contribution in [0.4, 0.5) is 18.9 Å². The van der Waals surface area contributed by atoms with Crippen LogP contribution in [-0.2, 0) is 32.8 Å². The number of ether oxygens (including phenoxy) is 1. The van der Waals surface area contributed by atoms with Crippen molar-refractivity contribution in [2.45, 2.75) is 51.0 Å². The number of nitrogens with one attached hydrogen (secondary N) is 1. The molecule has 0 saturated carbocycles. The summed E-state index contributed by atoms with van der Waals surface area (Å²) in [5.41, 5.74) is 0.684. The number of amides is 1. The van der Waals surface area contributed by atoms with Gasteiger partial charge in [0.05, 0.1) is 29.7 Å². The lowest BCUT2D eigenvalue weighted by molar-refractivity contribution is -0.182. The summed E-state index contributed by atoms with van der Waals surface area (Å²) < 4.78 is 71.0. The Labute approximate surface area is 183 Å². The summed E-state index contributed by atoms with van der Waals surface area (Å²) >= 11 is 0. The highest BCUT2D eigenvalue weighted by atomic mass is 32.2. The minimum Gasteiger partial charge on any atom is -0.350 e. The van der Waals surface area contributed by atoms with Crippen LogP contribution in [0, 0.1) is 12.8 Å². The number of nitrogens with zero attached hydrogens (tertiary/aromatic N) is 5. The van der Waals surface area contributed by atoms with E-state index in [1.54, 1.807) is 11.6 Å². The van der Waals surface area contributed by atoms with E-state index in [4.69, 9.17) is 0 Å². The van der Waals surface area contributed by atoms with Crippen molar-refractivity contribution >= 4 is 21.6 Å². The molecule has 2 aromatic heterocycles. The molecule has 2 aromatic rings. The lowest BCUT2D eigenvalue weighted by Crippen LogP contribution is -2.43. The normalized spacial score (nSPS) is 18.1. The predicted octanol–water partition coefficient (Wildman–Crippen LogP) is 1.98. The van der Waals surface area contributed by atoms with Crippen LogP contribution in [0.25, 0.3) is 0 Å². The van der Waals surface area contributed by atoms with E-state index in [2.05, 4.69) is 20.3 Å².